The molecule has 0 aliphatic carbocycles. The first-order valence-corrected chi connectivity index (χ1v) is 4.16. The first-order chi connectivity index (χ1) is 6.58. The Labute approximate surface area is 80.6 Å². The smallest absolute Gasteiger partial charge is 0.337 e. The number of benzene rings is 1. The van der Waals surface area contributed by atoms with Crippen LogP contribution in [0.4, 0.5) is 5.69 Å². The number of aromatic nitrogens is 1. The number of aryl methyl sites for hydroxylation is 1. The Morgan fingerprint density at radius 2 is 1.93 bits per heavy atom. The number of nitrogens with zero attached hydrogens (tertiary/aromatic N) is 1. The highest BCUT2D eigenvalue weighted by molar-refractivity contribution is 6.00. The number of fused-ring (bicyclic) bond motifs is 1. The van der Waals surface area contributed by atoms with Crippen LogP contribution in [0, 0.1) is 0 Å². The second kappa shape index (κ2) is 2.77. The summed E-state index contributed by atoms with van der Waals surface area (Å²) in [5.74, 6) is -0.992. The second-order valence-electron chi connectivity index (χ2n) is 3.30. The summed E-state index contributed by atoms with van der Waals surface area (Å²) in [5, 5.41) is 10.7. The number of nitrogen functional groups attached to an aromatic ring is 1. The minimum Gasteiger partial charge on any atom is -0.478 e. The summed E-state index contributed by atoms with van der Waals surface area (Å²) in [6, 6.07) is 3.27. The predicted octanol–water partition coefficient (Wildman–Crippen LogP) is 1.46. The van der Waals surface area contributed by atoms with Gasteiger partial charge in [-0.25, -0.2) is 4.79 Å². The zero-order valence-corrected chi connectivity index (χ0v) is 7.69. The number of carbonyl (C=O) groups is 1. The molecule has 2 aromatic rings. The van der Waals surface area contributed by atoms with Crippen molar-refractivity contribution < 1.29 is 9.90 Å². The van der Waals surface area contributed by atoms with Gasteiger partial charge in [0.25, 0.3) is 0 Å². The van der Waals surface area contributed by atoms with E-state index >= 15 is 0 Å². The van der Waals surface area contributed by atoms with Gasteiger partial charge in [0.05, 0.1) is 5.56 Å². The van der Waals surface area contributed by atoms with Gasteiger partial charge < -0.3 is 15.4 Å². The third-order valence-electron chi connectivity index (χ3n) is 2.17. The molecule has 3 N–H and O–H groups in total. The van der Waals surface area contributed by atoms with E-state index in [4.69, 9.17) is 10.8 Å². The minimum absolute atomic E-state index is 0.156. The summed E-state index contributed by atoms with van der Waals surface area (Å²) in [5.41, 5.74) is 6.06. The van der Waals surface area contributed by atoms with Crippen molar-refractivity contribution in [3.8, 4) is 0 Å². The number of carboxylic acids is 1. The molecule has 0 atom stereocenters. The van der Waals surface area contributed by atoms with Gasteiger partial charge in [-0.15, -0.1) is 0 Å². The van der Waals surface area contributed by atoms with Crippen molar-refractivity contribution in [2.24, 2.45) is 7.05 Å². The Morgan fingerprint density at radius 1 is 1.36 bits per heavy atom. The van der Waals surface area contributed by atoms with E-state index in [2.05, 4.69) is 0 Å². The molecule has 2 rings (SSSR count). The lowest BCUT2D eigenvalue weighted by atomic mass is 10.1. The normalized spacial score (nSPS) is 10.6. The molecule has 14 heavy (non-hydrogen) atoms. The summed E-state index contributed by atoms with van der Waals surface area (Å²) < 4.78 is 1.87. The standard InChI is InChI=1S/C10H10N2O2/c1-12-4-6-2-8(10(13)14)9(11)3-7(6)5-12/h2-5H,11H2,1H3,(H,13,14). The number of carboxylic acid groups (broad SMARTS) is 1. The van der Waals surface area contributed by atoms with Gasteiger partial charge in [-0.3, -0.25) is 0 Å². The third kappa shape index (κ3) is 1.21. The van der Waals surface area contributed by atoms with Gasteiger partial charge in [0.15, 0.2) is 0 Å². The van der Waals surface area contributed by atoms with Crippen LogP contribution in [-0.2, 0) is 7.05 Å². The molecule has 4 nitrogen and oxygen atoms in total. The van der Waals surface area contributed by atoms with Crippen molar-refractivity contribution in [1.29, 1.82) is 0 Å². The van der Waals surface area contributed by atoms with Crippen LogP contribution in [0.25, 0.3) is 10.8 Å². The zero-order valence-electron chi connectivity index (χ0n) is 7.69. The van der Waals surface area contributed by atoms with Crippen molar-refractivity contribution in [3.05, 3.63) is 30.1 Å². The summed E-state index contributed by atoms with van der Waals surface area (Å²) >= 11 is 0. The monoisotopic (exact) mass is 190 g/mol. The van der Waals surface area contributed by atoms with Crippen molar-refractivity contribution in [2.75, 3.05) is 5.73 Å². The van der Waals surface area contributed by atoms with Crippen molar-refractivity contribution in [2.45, 2.75) is 0 Å². The SMILES string of the molecule is Cn1cc2cc(N)c(C(=O)O)cc2c1. The molecule has 0 aliphatic heterocycles. The first kappa shape index (κ1) is 8.62. The Morgan fingerprint density at radius 3 is 2.50 bits per heavy atom. The van der Waals surface area contributed by atoms with Crippen molar-refractivity contribution in [3.63, 3.8) is 0 Å². The molecule has 0 saturated carbocycles. The number of anilines is 1. The molecule has 0 aliphatic rings. The molecule has 0 fully saturated rings. The fraction of sp³-hybridized carbons (Fsp3) is 0.100. The molecule has 0 spiro atoms. The average molecular weight is 190 g/mol. The fourth-order valence-corrected chi connectivity index (χ4v) is 1.54. The highest BCUT2D eigenvalue weighted by Crippen LogP contribution is 2.22. The Bertz CT molecular complexity index is 514. The zero-order chi connectivity index (χ0) is 10.3. The molecule has 0 unspecified atom stereocenters. The van der Waals surface area contributed by atoms with Gasteiger partial charge in [-0.1, -0.05) is 0 Å². The van der Waals surface area contributed by atoms with Crippen LogP contribution in [0.2, 0.25) is 0 Å². The lowest BCUT2D eigenvalue weighted by Crippen LogP contribution is -2.01. The maximum Gasteiger partial charge on any atom is 0.337 e. The largest absolute Gasteiger partial charge is 0.478 e. The minimum atomic E-state index is -0.992. The molecular weight excluding hydrogens is 180 g/mol. The van der Waals surface area contributed by atoms with Crippen LogP contribution in [0.1, 0.15) is 10.4 Å². The molecule has 0 amide bonds. The molecule has 1 heterocycles. The highest BCUT2D eigenvalue weighted by atomic mass is 16.4. The first-order valence-electron chi connectivity index (χ1n) is 4.16. The number of aromatic carboxylic acids is 1. The fourth-order valence-electron chi connectivity index (χ4n) is 1.54. The number of hydrogen-bond acceptors (Lipinski definition) is 2. The van der Waals surface area contributed by atoms with Crippen molar-refractivity contribution in [1.82, 2.24) is 4.57 Å². The molecule has 72 valence electrons. The van der Waals surface area contributed by atoms with E-state index in [1.165, 1.54) is 0 Å². The quantitative estimate of drug-likeness (QED) is 0.669. The van der Waals surface area contributed by atoms with E-state index in [1.807, 2.05) is 24.0 Å². The lowest BCUT2D eigenvalue weighted by Gasteiger charge is -1.99. The average Bonchev–Trinajstić information content (AvgIpc) is 2.42. The van der Waals surface area contributed by atoms with Gasteiger partial charge in [0.2, 0.25) is 0 Å². The predicted molar refractivity (Wildman–Crippen MR) is 54.3 cm³/mol. The molecular formula is C10H10N2O2. The maximum atomic E-state index is 10.8. The van der Waals surface area contributed by atoms with Crippen LogP contribution in [0.5, 0.6) is 0 Å². The van der Waals surface area contributed by atoms with E-state index in [0.717, 1.165) is 10.8 Å². The topological polar surface area (TPSA) is 68.2 Å². The Hall–Kier alpha value is -1.97. The Balaban J connectivity index is 2.76. The molecule has 0 bridgehead atoms. The summed E-state index contributed by atoms with van der Waals surface area (Å²) in [7, 11) is 1.89. The number of rotatable bonds is 1. The third-order valence-corrected chi connectivity index (χ3v) is 2.17. The van der Waals surface area contributed by atoms with Crippen LogP contribution in [0.15, 0.2) is 24.5 Å². The summed E-state index contributed by atoms with van der Waals surface area (Å²) in [4.78, 5) is 10.8. The van der Waals surface area contributed by atoms with Gasteiger partial charge >= 0.3 is 5.97 Å². The van der Waals surface area contributed by atoms with Crippen LogP contribution >= 0.6 is 0 Å². The molecule has 0 radical (unpaired) electrons. The molecule has 1 aromatic heterocycles. The van der Waals surface area contributed by atoms with E-state index in [0.29, 0.717) is 5.69 Å². The van der Waals surface area contributed by atoms with Crippen LogP contribution < -0.4 is 5.73 Å². The Kier molecular flexibility index (Phi) is 1.70. The number of hydrogen-bond donors (Lipinski definition) is 2. The van der Waals surface area contributed by atoms with Gasteiger partial charge in [0.1, 0.15) is 0 Å². The summed E-state index contributed by atoms with van der Waals surface area (Å²) in [6.07, 6.45) is 3.76. The van der Waals surface area contributed by atoms with E-state index in [1.54, 1.807) is 12.1 Å². The van der Waals surface area contributed by atoms with Gasteiger partial charge in [-0.2, -0.15) is 0 Å². The van der Waals surface area contributed by atoms with Crippen LogP contribution in [-0.4, -0.2) is 15.6 Å². The molecule has 0 saturated heterocycles. The van der Waals surface area contributed by atoms with E-state index in [9.17, 15) is 4.79 Å². The summed E-state index contributed by atoms with van der Waals surface area (Å²) in [6.45, 7) is 0. The van der Waals surface area contributed by atoms with Gasteiger partial charge in [0, 0.05) is 35.9 Å². The highest BCUT2D eigenvalue weighted by Gasteiger charge is 2.09. The number of nitrogens with two attached hydrogens (primary N) is 1. The second-order valence-corrected chi connectivity index (χ2v) is 3.30. The molecule has 4 heteroatoms. The van der Waals surface area contributed by atoms with Crippen LogP contribution in [0.3, 0.4) is 0 Å². The molecule has 1 aromatic carbocycles. The van der Waals surface area contributed by atoms with Crippen molar-refractivity contribution >= 4 is 22.4 Å². The van der Waals surface area contributed by atoms with Gasteiger partial charge in [-0.05, 0) is 12.1 Å². The van der Waals surface area contributed by atoms with E-state index < -0.39 is 5.97 Å². The lowest BCUT2D eigenvalue weighted by molar-refractivity contribution is 0.0698. The maximum absolute atomic E-state index is 10.8. The van der Waals surface area contributed by atoms with E-state index in [-0.39, 0.29) is 5.56 Å².